The number of benzene rings is 1. The minimum Gasteiger partial charge on any atom is -0.465 e. The molecule has 0 fully saturated rings. The number of nitrogens with one attached hydrogen (secondary N) is 1. The van der Waals surface area contributed by atoms with Crippen LogP contribution in [-0.2, 0) is 4.74 Å². The van der Waals surface area contributed by atoms with Gasteiger partial charge in [0.05, 0.1) is 18.4 Å². The van der Waals surface area contributed by atoms with Crippen molar-refractivity contribution in [3.8, 4) is 0 Å². The SMILES string of the molecule is CCCCCCNc1cc(C(=O)OC)ccc1F. The van der Waals surface area contributed by atoms with E-state index in [1.165, 1.54) is 38.2 Å². The van der Waals surface area contributed by atoms with Crippen molar-refractivity contribution in [3.05, 3.63) is 29.6 Å². The highest BCUT2D eigenvalue weighted by Gasteiger charge is 2.09. The minimum absolute atomic E-state index is 0.349. The predicted octanol–water partition coefficient (Wildman–Crippen LogP) is 3.60. The molecule has 0 radical (unpaired) electrons. The van der Waals surface area contributed by atoms with Gasteiger partial charge in [0.15, 0.2) is 0 Å². The number of ether oxygens (including phenoxy) is 1. The second-order valence-electron chi connectivity index (χ2n) is 4.17. The van der Waals surface area contributed by atoms with E-state index in [-0.39, 0.29) is 5.82 Å². The van der Waals surface area contributed by atoms with Gasteiger partial charge in [-0.2, -0.15) is 0 Å². The molecule has 1 aromatic rings. The average Bonchev–Trinajstić information content (AvgIpc) is 2.39. The Balaban J connectivity index is 2.56. The van der Waals surface area contributed by atoms with Crippen molar-refractivity contribution < 1.29 is 13.9 Å². The quantitative estimate of drug-likeness (QED) is 0.596. The number of hydrogen-bond acceptors (Lipinski definition) is 3. The maximum atomic E-state index is 13.5. The van der Waals surface area contributed by atoms with Crippen LogP contribution in [0.25, 0.3) is 0 Å². The first-order valence-corrected chi connectivity index (χ1v) is 6.30. The van der Waals surface area contributed by atoms with Gasteiger partial charge in [-0.25, -0.2) is 9.18 Å². The van der Waals surface area contributed by atoms with Crippen LogP contribution in [0.2, 0.25) is 0 Å². The lowest BCUT2D eigenvalue weighted by Crippen LogP contribution is -2.06. The van der Waals surface area contributed by atoms with Crippen LogP contribution in [0.4, 0.5) is 10.1 Å². The lowest BCUT2D eigenvalue weighted by Gasteiger charge is -2.08. The molecule has 1 rings (SSSR count). The van der Waals surface area contributed by atoms with Gasteiger partial charge in [0, 0.05) is 6.54 Å². The summed E-state index contributed by atoms with van der Waals surface area (Å²) in [7, 11) is 1.31. The number of unbranched alkanes of at least 4 members (excludes halogenated alkanes) is 3. The van der Waals surface area contributed by atoms with Crippen LogP contribution >= 0.6 is 0 Å². The highest BCUT2D eigenvalue weighted by molar-refractivity contribution is 5.90. The first-order valence-electron chi connectivity index (χ1n) is 6.30. The summed E-state index contributed by atoms with van der Waals surface area (Å²) in [6, 6.07) is 4.19. The van der Waals surface area contributed by atoms with Gasteiger partial charge >= 0.3 is 5.97 Å². The molecule has 100 valence electrons. The molecule has 4 heteroatoms. The highest BCUT2D eigenvalue weighted by Crippen LogP contribution is 2.17. The molecule has 1 N–H and O–H groups in total. The van der Waals surface area contributed by atoms with Gasteiger partial charge in [0.2, 0.25) is 0 Å². The Hall–Kier alpha value is -1.58. The number of esters is 1. The summed E-state index contributed by atoms with van der Waals surface area (Å²) in [5.41, 5.74) is 0.712. The van der Waals surface area contributed by atoms with Gasteiger partial charge < -0.3 is 10.1 Å². The Morgan fingerprint density at radius 3 is 2.78 bits per heavy atom. The molecule has 0 spiro atoms. The van der Waals surface area contributed by atoms with Crippen LogP contribution in [-0.4, -0.2) is 19.6 Å². The van der Waals surface area contributed by atoms with Crippen molar-refractivity contribution >= 4 is 11.7 Å². The maximum Gasteiger partial charge on any atom is 0.337 e. The van der Waals surface area contributed by atoms with Crippen molar-refractivity contribution in [3.63, 3.8) is 0 Å². The number of carbonyl (C=O) groups is 1. The van der Waals surface area contributed by atoms with Crippen molar-refractivity contribution in [2.45, 2.75) is 32.6 Å². The highest BCUT2D eigenvalue weighted by atomic mass is 19.1. The molecular formula is C14H20FNO2. The van der Waals surface area contributed by atoms with Gasteiger partial charge in [0.1, 0.15) is 5.82 Å². The van der Waals surface area contributed by atoms with E-state index in [9.17, 15) is 9.18 Å². The number of carbonyl (C=O) groups excluding carboxylic acids is 1. The first-order chi connectivity index (χ1) is 8.69. The molecule has 0 atom stereocenters. The van der Waals surface area contributed by atoms with Gasteiger partial charge in [-0.3, -0.25) is 0 Å². The topological polar surface area (TPSA) is 38.3 Å². The van der Waals surface area contributed by atoms with Gasteiger partial charge in [-0.15, -0.1) is 0 Å². The molecular weight excluding hydrogens is 233 g/mol. The first kappa shape index (κ1) is 14.5. The van der Waals surface area contributed by atoms with Gasteiger partial charge in [-0.05, 0) is 24.6 Å². The molecule has 0 bridgehead atoms. The zero-order chi connectivity index (χ0) is 13.4. The summed E-state index contributed by atoms with van der Waals surface area (Å²) >= 11 is 0. The number of methoxy groups -OCH3 is 1. The van der Waals surface area contributed by atoms with E-state index in [0.717, 1.165) is 12.8 Å². The average molecular weight is 253 g/mol. The normalized spacial score (nSPS) is 10.2. The summed E-state index contributed by atoms with van der Waals surface area (Å²) in [4.78, 5) is 11.3. The Kier molecular flexibility index (Phi) is 6.19. The standard InChI is InChI=1S/C14H20FNO2/c1-3-4-5-6-9-16-13-10-11(14(17)18-2)7-8-12(13)15/h7-8,10,16H,3-6,9H2,1-2H3. The Morgan fingerprint density at radius 1 is 1.33 bits per heavy atom. The lowest BCUT2D eigenvalue weighted by molar-refractivity contribution is 0.0600. The van der Waals surface area contributed by atoms with Gasteiger partial charge in [-0.1, -0.05) is 26.2 Å². The number of halogens is 1. The third-order valence-corrected chi connectivity index (χ3v) is 2.73. The largest absolute Gasteiger partial charge is 0.465 e. The van der Waals surface area contributed by atoms with E-state index in [2.05, 4.69) is 17.0 Å². The van der Waals surface area contributed by atoms with Crippen molar-refractivity contribution in [2.75, 3.05) is 19.0 Å². The summed E-state index contributed by atoms with van der Waals surface area (Å²) in [6.45, 7) is 2.86. The fourth-order valence-corrected chi connectivity index (χ4v) is 1.68. The molecule has 0 saturated heterocycles. The number of anilines is 1. The van der Waals surface area contributed by atoms with Crippen molar-refractivity contribution in [1.29, 1.82) is 0 Å². The molecule has 0 amide bonds. The Labute approximate surface area is 107 Å². The van der Waals surface area contributed by atoms with E-state index >= 15 is 0 Å². The van der Waals surface area contributed by atoms with Crippen LogP contribution in [0.5, 0.6) is 0 Å². The zero-order valence-electron chi connectivity index (χ0n) is 11.0. The molecule has 0 aliphatic rings. The zero-order valence-corrected chi connectivity index (χ0v) is 11.0. The van der Waals surface area contributed by atoms with Crippen LogP contribution in [0.15, 0.2) is 18.2 Å². The molecule has 0 unspecified atom stereocenters. The second-order valence-corrected chi connectivity index (χ2v) is 4.17. The summed E-state index contributed by atoms with van der Waals surface area (Å²) in [5.74, 6) is -0.804. The molecule has 0 aromatic heterocycles. The number of rotatable bonds is 7. The van der Waals surface area contributed by atoms with Crippen LogP contribution in [0.3, 0.4) is 0 Å². The van der Waals surface area contributed by atoms with E-state index < -0.39 is 5.97 Å². The molecule has 0 saturated carbocycles. The smallest absolute Gasteiger partial charge is 0.337 e. The third-order valence-electron chi connectivity index (χ3n) is 2.73. The molecule has 0 heterocycles. The third kappa shape index (κ3) is 4.35. The molecule has 1 aromatic carbocycles. The Morgan fingerprint density at radius 2 is 2.11 bits per heavy atom. The van der Waals surface area contributed by atoms with Crippen molar-refractivity contribution in [2.24, 2.45) is 0 Å². The minimum atomic E-state index is -0.455. The summed E-state index contributed by atoms with van der Waals surface area (Å²) in [6.07, 6.45) is 4.48. The maximum absolute atomic E-state index is 13.5. The van der Waals surface area contributed by atoms with E-state index in [1.54, 1.807) is 0 Å². The summed E-state index contributed by atoms with van der Waals surface area (Å²) < 4.78 is 18.1. The fourth-order valence-electron chi connectivity index (χ4n) is 1.68. The van der Waals surface area contributed by atoms with Gasteiger partial charge in [0.25, 0.3) is 0 Å². The van der Waals surface area contributed by atoms with E-state index in [4.69, 9.17) is 0 Å². The molecule has 3 nitrogen and oxygen atoms in total. The predicted molar refractivity (Wildman–Crippen MR) is 70.4 cm³/mol. The monoisotopic (exact) mass is 253 g/mol. The van der Waals surface area contributed by atoms with Crippen LogP contribution < -0.4 is 5.32 Å². The second kappa shape index (κ2) is 7.69. The lowest BCUT2D eigenvalue weighted by atomic mass is 10.1. The van der Waals surface area contributed by atoms with Crippen LogP contribution in [0, 0.1) is 5.82 Å². The fraction of sp³-hybridized carbons (Fsp3) is 0.500. The van der Waals surface area contributed by atoms with E-state index in [1.807, 2.05) is 0 Å². The van der Waals surface area contributed by atoms with Crippen molar-refractivity contribution in [1.82, 2.24) is 0 Å². The summed E-state index contributed by atoms with van der Waals surface area (Å²) in [5, 5.41) is 3.01. The Bertz CT molecular complexity index is 393. The van der Waals surface area contributed by atoms with E-state index in [0.29, 0.717) is 17.8 Å². The molecule has 0 aliphatic heterocycles. The van der Waals surface area contributed by atoms with Crippen LogP contribution in [0.1, 0.15) is 43.0 Å². The molecule has 18 heavy (non-hydrogen) atoms. The number of hydrogen-bond donors (Lipinski definition) is 1. The molecule has 0 aliphatic carbocycles.